The number of ketones is 1. The van der Waals surface area contributed by atoms with Gasteiger partial charge >= 0.3 is 0 Å². The molecule has 1 aromatic heterocycles. The molecule has 1 saturated carbocycles. The van der Waals surface area contributed by atoms with E-state index in [1.54, 1.807) is 0 Å². The predicted octanol–water partition coefficient (Wildman–Crippen LogP) is 5.17. The largest absolute Gasteiger partial charge is 0.293 e. The zero-order valence-electron chi connectivity index (χ0n) is 16.4. The van der Waals surface area contributed by atoms with Crippen molar-refractivity contribution in [3.63, 3.8) is 0 Å². The maximum absolute atomic E-state index is 12.7. The van der Waals surface area contributed by atoms with Gasteiger partial charge in [0.15, 0.2) is 5.78 Å². The van der Waals surface area contributed by atoms with Gasteiger partial charge in [-0.3, -0.25) is 4.79 Å². The summed E-state index contributed by atoms with van der Waals surface area (Å²) in [5.41, 5.74) is 3.13. The van der Waals surface area contributed by atoms with Gasteiger partial charge in [-0.2, -0.15) is 5.10 Å². The van der Waals surface area contributed by atoms with Crippen LogP contribution in [0.1, 0.15) is 61.3 Å². The number of carbonyl (C=O) groups is 1. The third-order valence-electron chi connectivity index (χ3n) is 7.18. The lowest BCUT2D eigenvalue weighted by atomic mass is 9.70. The molecule has 1 fully saturated rings. The van der Waals surface area contributed by atoms with Crippen molar-refractivity contribution in [1.29, 1.82) is 0 Å². The zero-order chi connectivity index (χ0) is 19.5. The molecule has 2 aliphatic rings. The van der Waals surface area contributed by atoms with E-state index in [1.165, 1.54) is 18.2 Å². The van der Waals surface area contributed by atoms with E-state index in [0.717, 1.165) is 34.1 Å². The Labute approximate surface area is 169 Å². The second-order valence-electron chi connectivity index (χ2n) is 8.75. The first-order chi connectivity index (χ1) is 13.4. The van der Waals surface area contributed by atoms with Crippen LogP contribution in [-0.2, 0) is 5.41 Å². The summed E-state index contributed by atoms with van der Waals surface area (Å²) in [6.45, 7) is 6.95. The minimum Gasteiger partial charge on any atom is -0.293 e. The van der Waals surface area contributed by atoms with E-state index in [2.05, 4.69) is 37.0 Å². The fraction of sp³-hybridized carbons (Fsp3) is 0.391. The molecule has 5 rings (SSSR count). The molecule has 2 atom stereocenters. The van der Waals surface area contributed by atoms with Crippen molar-refractivity contribution in [2.75, 3.05) is 5.75 Å². The standard InChI is InChI=1S/C23H23N3OS/c1-22(2)17-10-11-23(22,3)20-19(17)25-26-21(24-20)28-13-18(27)16-9-8-14-6-4-5-7-15(14)12-16/h4-9,12,17H,10-11,13H2,1-3H3/t17-,23-/m1/s1. The molecule has 4 nitrogen and oxygen atoms in total. The average molecular weight is 390 g/mol. The lowest BCUT2D eigenvalue weighted by molar-refractivity contribution is 0.102. The summed E-state index contributed by atoms with van der Waals surface area (Å²) in [6.07, 6.45) is 2.32. The van der Waals surface area contributed by atoms with Gasteiger partial charge in [-0.05, 0) is 35.1 Å². The van der Waals surface area contributed by atoms with Gasteiger partial charge in [0.25, 0.3) is 0 Å². The van der Waals surface area contributed by atoms with Gasteiger partial charge < -0.3 is 0 Å². The molecule has 2 aromatic carbocycles. The van der Waals surface area contributed by atoms with Crippen LogP contribution in [0.2, 0.25) is 0 Å². The van der Waals surface area contributed by atoms with Gasteiger partial charge in [0, 0.05) is 16.9 Å². The van der Waals surface area contributed by atoms with Crippen LogP contribution in [-0.4, -0.2) is 26.7 Å². The minimum atomic E-state index is 0.0562. The van der Waals surface area contributed by atoms with E-state index in [9.17, 15) is 4.79 Å². The third kappa shape index (κ3) is 2.45. The number of hydrogen-bond donors (Lipinski definition) is 0. The molecular formula is C23H23N3OS. The molecule has 0 radical (unpaired) electrons. The number of aromatic nitrogens is 3. The predicted molar refractivity (Wildman–Crippen MR) is 112 cm³/mol. The van der Waals surface area contributed by atoms with Crippen molar-refractivity contribution < 1.29 is 4.79 Å². The van der Waals surface area contributed by atoms with Crippen molar-refractivity contribution in [3.05, 3.63) is 59.4 Å². The number of Topliss-reactive ketones (excluding diaryl/α,β-unsaturated/α-hetero) is 1. The van der Waals surface area contributed by atoms with Crippen LogP contribution in [0.4, 0.5) is 0 Å². The number of carbonyl (C=O) groups excluding carboxylic acids is 1. The molecule has 0 aliphatic heterocycles. The number of fused-ring (bicyclic) bond motifs is 6. The Morgan fingerprint density at radius 2 is 1.89 bits per heavy atom. The second-order valence-corrected chi connectivity index (χ2v) is 9.69. The molecule has 1 heterocycles. The summed E-state index contributed by atoms with van der Waals surface area (Å²) in [7, 11) is 0. The minimum absolute atomic E-state index is 0.0562. The third-order valence-corrected chi connectivity index (χ3v) is 8.01. The summed E-state index contributed by atoms with van der Waals surface area (Å²) in [5, 5.41) is 11.7. The summed E-state index contributed by atoms with van der Waals surface area (Å²) in [5.74, 6) is 0.862. The van der Waals surface area contributed by atoms with Crippen molar-refractivity contribution in [2.24, 2.45) is 5.41 Å². The van der Waals surface area contributed by atoms with E-state index in [1.807, 2.05) is 36.4 Å². The molecule has 0 N–H and O–H groups in total. The van der Waals surface area contributed by atoms with E-state index in [0.29, 0.717) is 16.8 Å². The van der Waals surface area contributed by atoms with Gasteiger partial charge in [0.1, 0.15) is 0 Å². The topological polar surface area (TPSA) is 55.7 Å². The van der Waals surface area contributed by atoms with Gasteiger partial charge in [-0.1, -0.05) is 68.9 Å². The Morgan fingerprint density at radius 3 is 2.71 bits per heavy atom. The molecular weight excluding hydrogens is 366 g/mol. The van der Waals surface area contributed by atoms with Crippen molar-refractivity contribution in [3.8, 4) is 0 Å². The Balaban J connectivity index is 1.36. The van der Waals surface area contributed by atoms with Gasteiger partial charge in [-0.25, -0.2) is 4.98 Å². The Kier molecular flexibility index (Phi) is 3.89. The van der Waals surface area contributed by atoms with Crippen LogP contribution in [0.25, 0.3) is 10.8 Å². The highest BCUT2D eigenvalue weighted by Crippen LogP contribution is 2.66. The highest BCUT2D eigenvalue weighted by atomic mass is 32.2. The fourth-order valence-corrected chi connectivity index (χ4v) is 5.68. The molecule has 3 aromatic rings. The van der Waals surface area contributed by atoms with E-state index >= 15 is 0 Å². The zero-order valence-corrected chi connectivity index (χ0v) is 17.2. The van der Waals surface area contributed by atoms with Crippen LogP contribution in [0.5, 0.6) is 0 Å². The molecule has 2 aliphatic carbocycles. The average Bonchev–Trinajstić information content (AvgIpc) is 3.04. The summed E-state index contributed by atoms with van der Waals surface area (Å²) in [4.78, 5) is 17.5. The first-order valence-electron chi connectivity index (χ1n) is 9.80. The number of rotatable bonds is 4. The molecule has 0 spiro atoms. The molecule has 0 saturated heterocycles. The summed E-state index contributed by atoms with van der Waals surface area (Å²) >= 11 is 1.39. The van der Waals surface area contributed by atoms with Gasteiger partial charge in [0.05, 0.1) is 17.1 Å². The molecule has 0 unspecified atom stereocenters. The van der Waals surface area contributed by atoms with Crippen LogP contribution < -0.4 is 0 Å². The van der Waals surface area contributed by atoms with E-state index in [-0.39, 0.29) is 16.6 Å². The van der Waals surface area contributed by atoms with Crippen LogP contribution >= 0.6 is 11.8 Å². The van der Waals surface area contributed by atoms with Gasteiger partial charge in [0.2, 0.25) is 5.16 Å². The Morgan fingerprint density at radius 1 is 1.11 bits per heavy atom. The lowest BCUT2D eigenvalue weighted by Gasteiger charge is -2.33. The molecule has 0 amide bonds. The number of thioether (sulfide) groups is 1. The number of hydrogen-bond acceptors (Lipinski definition) is 5. The molecule has 2 bridgehead atoms. The van der Waals surface area contributed by atoms with Crippen molar-refractivity contribution in [1.82, 2.24) is 15.2 Å². The number of benzene rings is 2. The lowest BCUT2D eigenvalue weighted by Crippen LogP contribution is -2.32. The van der Waals surface area contributed by atoms with Crippen LogP contribution in [0, 0.1) is 5.41 Å². The Bertz CT molecular complexity index is 1110. The molecule has 5 heteroatoms. The van der Waals surface area contributed by atoms with Crippen molar-refractivity contribution >= 4 is 28.3 Å². The molecule has 28 heavy (non-hydrogen) atoms. The summed E-state index contributed by atoms with van der Waals surface area (Å²) < 4.78 is 0. The maximum Gasteiger partial charge on any atom is 0.209 e. The van der Waals surface area contributed by atoms with Crippen LogP contribution in [0.15, 0.2) is 47.6 Å². The monoisotopic (exact) mass is 389 g/mol. The van der Waals surface area contributed by atoms with Crippen LogP contribution in [0.3, 0.4) is 0 Å². The number of nitrogens with zero attached hydrogens (tertiary/aromatic N) is 3. The highest BCUT2D eigenvalue weighted by Gasteiger charge is 2.61. The normalized spacial score (nSPS) is 24.5. The molecule has 142 valence electrons. The summed E-state index contributed by atoms with van der Waals surface area (Å²) in [6, 6.07) is 13.9. The van der Waals surface area contributed by atoms with E-state index < -0.39 is 0 Å². The highest BCUT2D eigenvalue weighted by molar-refractivity contribution is 7.99. The quantitative estimate of drug-likeness (QED) is 0.455. The SMILES string of the molecule is CC1(C)[C@@H]2CC[C@]1(C)c1nc(SCC(=O)c3ccc4ccccc4c3)nnc12. The maximum atomic E-state index is 12.7. The first-order valence-corrected chi connectivity index (χ1v) is 10.8. The van der Waals surface area contributed by atoms with Gasteiger partial charge in [-0.15, -0.1) is 5.10 Å². The fourth-order valence-electron chi connectivity index (χ4n) is 5.00. The smallest absolute Gasteiger partial charge is 0.209 e. The van der Waals surface area contributed by atoms with Crippen molar-refractivity contribution in [2.45, 2.75) is 50.1 Å². The van der Waals surface area contributed by atoms with E-state index in [4.69, 9.17) is 4.98 Å². The first kappa shape index (κ1) is 17.8. The second kappa shape index (κ2) is 6.11. The Hall–Kier alpha value is -2.27.